The van der Waals surface area contributed by atoms with Crippen LogP contribution in [0.5, 0.6) is 0 Å². The number of nitro groups is 1. The highest BCUT2D eigenvalue weighted by Crippen LogP contribution is 2.40. The van der Waals surface area contributed by atoms with Gasteiger partial charge >= 0.3 is 0 Å². The zero-order valence-corrected chi connectivity index (χ0v) is 19.0. The molecule has 1 aliphatic heterocycles. The summed E-state index contributed by atoms with van der Waals surface area (Å²) < 4.78 is 1.53. The van der Waals surface area contributed by atoms with E-state index in [4.69, 9.17) is 0 Å². The molecule has 10 heteroatoms. The summed E-state index contributed by atoms with van der Waals surface area (Å²) in [4.78, 5) is 33.6. The van der Waals surface area contributed by atoms with Gasteiger partial charge in [0.25, 0.3) is 11.6 Å². The number of aromatic nitrogens is 4. The number of rotatable bonds is 5. The fraction of sp³-hybridized carbons (Fsp3) is 0.120. The zero-order valence-electron chi connectivity index (χ0n) is 19.0. The van der Waals surface area contributed by atoms with Crippen LogP contribution in [0.25, 0.3) is 11.4 Å². The quantitative estimate of drug-likeness (QED) is 0.327. The Balaban J connectivity index is 1.66. The largest absolute Gasteiger partial charge is 0.328 e. The van der Waals surface area contributed by atoms with E-state index in [1.807, 2.05) is 31.2 Å². The number of hydrogen-bond donors (Lipinski definition) is 2. The number of pyridine rings is 1. The van der Waals surface area contributed by atoms with Crippen LogP contribution in [-0.4, -0.2) is 30.6 Å². The second kappa shape index (κ2) is 8.82. The highest BCUT2D eigenvalue weighted by Gasteiger charge is 2.37. The molecule has 2 aromatic carbocycles. The molecule has 1 atom stereocenters. The standard InChI is InChI=1S/C25H21N7O3/c1-15-9-11-17(12-10-15)23-29-25-27-16(2)21(24(33)28-18-6-5-13-26-14-18)22(31(25)30-23)19-7-3-4-8-20(19)32(34)35/h3-14,22H,1-2H3,(H,28,33)(H,27,29,30). The molecule has 174 valence electrons. The van der Waals surface area contributed by atoms with Gasteiger partial charge in [0.05, 0.1) is 27.9 Å². The second-order valence-corrected chi connectivity index (χ2v) is 8.15. The van der Waals surface area contributed by atoms with Crippen LogP contribution in [0.3, 0.4) is 0 Å². The molecule has 10 nitrogen and oxygen atoms in total. The summed E-state index contributed by atoms with van der Waals surface area (Å²) in [7, 11) is 0. The predicted molar refractivity (Wildman–Crippen MR) is 131 cm³/mol. The number of carbonyl (C=O) groups excluding carboxylic acids is 1. The number of anilines is 2. The Bertz CT molecular complexity index is 1460. The van der Waals surface area contributed by atoms with Crippen LogP contribution >= 0.6 is 0 Å². The fourth-order valence-electron chi connectivity index (χ4n) is 4.08. The highest BCUT2D eigenvalue weighted by atomic mass is 16.6. The van der Waals surface area contributed by atoms with E-state index < -0.39 is 16.9 Å². The summed E-state index contributed by atoms with van der Waals surface area (Å²) >= 11 is 0. The predicted octanol–water partition coefficient (Wildman–Crippen LogP) is 4.48. The number of nitrogens with one attached hydrogen (secondary N) is 2. The van der Waals surface area contributed by atoms with Crippen molar-refractivity contribution in [2.24, 2.45) is 0 Å². The summed E-state index contributed by atoms with van der Waals surface area (Å²) in [5.74, 6) is 0.404. The van der Waals surface area contributed by atoms with E-state index in [0.29, 0.717) is 28.7 Å². The van der Waals surface area contributed by atoms with Crippen molar-refractivity contribution in [1.82, 2.24) is 19.7 Å². The third kappa shape index (κ3) is 4.12. The SMILES string of the molecule is CC1=C(C(=O)Nc2cccnc2)C(c2ccccc2[N+](=O)[O-])n2nc(-c3ccc(C)cc3)nc2N1. The number of benzene rings is 2. The molecule has 0 aliphatic carbocycles. The van der Waals surface area contributed by atoms with Crippen molar-refractivity contribution in [3.8, 4) is 11.4 Å². The molecular formula is C25H21N7O3. The average Bonchev–Trinajstić information content (AvgIpc) is 3.27. The monoisotopic (exact) mass is 467 g/mol. The molecule has 0 saturated heterocycles. The molecule has 2 N–H and O–H groups in total. The van der Waals surface area contributed by atoms with Crippen LogP contribution in [0.2, 0.25) is 0 Å². The third-order valence-electron chi connectivity index (χ3n) is 5.75. The number of para-hydroxylation sites is 1. The van der Waals surface area contributed by atoms with E-state index in [1.165, 1.54) is 16.9 Å². The molecule has 35 heavy (non-hydrogen) atoms. The first-order chi connectivity index (χ1) is 16.9. The van der Waals surface area contributed by atoms with Gasteiger partial charge in [-0.3, -0.25) is 19.9 Å². The van der Waals surface area contributed by atoms with Crippen molar-refractivity contribution in [1.29, 1.82) is 0 Å². The lowest BCUT2D eigenvalue weighted by atomic mass is 9.93. The first-order valence-corrected chi connectivity index (χ1v) is 10.9. The minimum atomic E-state index is -0.879. The van der Waals surface area contributed by atoms with Crippen molar-refractivity contribution < 1.29 is 9.72 Å². The molecule has 0 bridgehead atoms. The molecule has 4 aromatic rings. The minimum absolute atomic E-state index is 0.114. The Labute approximate surface area is 200 Å². The number of carbonyl (C=O) groups is 1. The van der Waals surface area contributed by atoms with Gasteiger partial charge < -0.3 is 10.6 Å². The third-order valence-corrected chi connectivity index (χ3v) is 5.75. The van der Waals surface area contributed by atoms with Crippen molar-refractivity contribution in [3.05, 3.63) is 106 Å². The molecule has 5 rings (SSSR count). The Kier molecular flexibility index (Phi) is 5.54. The molecule has 0 spiro atoms. The summed E-state index contributed by atoms with van der Waals surface area (Å²) in [5, 5.41) is 22.6. The van der Waals surface area contributed by atoms with E-state index in [0.717, 1.165) is 11.1 Å². The molecule has 2 aromatic heterocycles. The summed E-state index contributed by atoms with van der Waals surface area (Å²) in [6.45, 7) is 3.73. The summed E-state index contributed by atoms with van der Waals surface area (Å²) in [6, 6.07) is 16.6. The molecular weight excluding hydrogens is 446 g/mol. The summed E-state index contributed by atoms with van der Waals surface area (Å²) in [5.41, 5.74) is 3.42. The molecule has 1 aliphatic rings. The maximum atomic E-state index is 13.5. The maximum absolute atomic E-state index is 13.5. The van der Waals surface area contributed by atoms with Gasteiger partial charge in [-0.25, -0.2) is 4.68 Å². The lowest BCUT2D eigenvalue weighted by Crippen LogP contribution is -2.32. The molecule has 0 fully saturated rings. The van der Waals surface area contributed by atoms with E-state index in [1.54, 1.807) is 43.5 Å². The van der Waals surface area contributed by atoms with Crippen molar-refractivity contribution in [2.45, 2.75) is 19.9 Å². The van der Waals surface area contributed by atoms with Gasteiger partial charge in [-0.05, 0) is 32.0 Å². The molecule has 1 unspecified atom stereocenters. The second-order valence-electron chi connectivity index (χ2n) is 8.15. The van der Waals surface area contributed by atoms with Crippen LogP contribution in [0.1, 0.15) is 24.1 Å². The van der Waals surface area contributed by atoms with E-state index >= 15 is 0 Å². The van der Waals surface area contributed by atoms with E-state index in [-0.39, 0.29) is 11.3 Å². The van der Waals surface area contributed by atoms with Gasteiger partial charge in [0.1, 0.15) is 6.04 Å². The van der Waals surface area contributed by atoms with Crippen LogP contribution in [-0.2, 0) is 4.79 Å². The van der Waals surface area contributed by atoms with Crippen molar-refractivity contribution >= 4 is 23.2 Å². The molecule has 0 saturated carbocycles. The normalized spacial score (nSPS) is 14.7. The Morgan fingerprint density at radius 2 is 1.86 bits per heavy atom. The highest BCUT2D eigenvalue weighted by molar-refractivity contribution is 6.06. The van der Waals surface area contributed by atoms with Gasteiger partial charge in [-0.15, -0.1) is 5.10 Å². The van der Waals surface area contributed by atoms with Gasteiger partial charge in [-0.2, -0.15) is 4.98 Å². The Morgan fingerprint density at radius 3 is 2.57 bits per heavy atom. The number of allylic oxidation sites excluding steroid dienone is 1. The first kappa shape index (κ1) is 22.0. The van der Waals surface area contributed by atoms with Gasteiger partial charge in [0.15, 0.2) is 5.82 Å². The fourth-order valence-corrected chi connectivity index (χ4v) is 4.08. The van der Waals surface area contributed by atoms with Gasteiger partial charge in [0, 0.05) is 23.5 Å². The average molecular weight is 467 g/mol. The van der Waals surface area contributed by atoms with E-state index in [2.05, 4.69) is 25.7 Å². The lowest BCUT2D eigenvalue weighted by Gasteiger charge is -2.28. The zero-order chi connectivity index (χ0) is 24.5. The molecule has 1 amide bonds. The topological polar surface area (TPSA) is 128 Å². The first-order valence-electron chi connectivity index (χ1n) is 10.9. The van der Waals surface area contributed by atoms with Gasteiger partial charge in [0.2, 0.25) is 5.95 Å². The van der Waals surface area contributed by atoms with E-state index in [9.17, 15) is 14.9 Å². The lowest BCUT2D eigenvalue weighted by molar-refractivity contribution is -0.385. The van der Waals surface area contributed by atoms with Crippen LogP contribution in [0.15, 0.2) is 84.3 Å². The molecule has 3 heterocycles. The van der Waals surface area contributed by atoms with Gasteiger partial charge in [-0.1, -0.05) is 42.0 Å². The smallest absolute Gasteiger partial charge is 0.275 e. The number of hydrogen-bond acceptors (Lipinski definition) is 7. The van der Waals surface area contributed by atoms with Crippen LogP contribution < -0.4 is 10.6 Å². The summed E-state index contributed by atoms with van der Waals surface area (Å²) in [6.07, 6.45) is 3.13. The number of aryl methyl sites for hydroxylation is 1. The van der Waals surface area contributed by atoms with Crippen LogP contribution in [0.4, 0.5) is 17.3 Å². The maximum Gasteiger partial charge on any atom is 0.275 e. The minimum Gasteiger partial charge on any atom is -0.328 e. The number of amides is 1. The van der Waals surface area contributed by atoms with Crippen LogP contribution in [0, 0.1) is 17.0 Å². The number of nitrogens with zero attached hydrogens (tertiary/aromatic N) is 5. The Morgan fingerprint density at radius 1 is 1.09 bits per heavy atom. The van der Waals surface area contributed by atoms with Crippen molar-refractivity contribution in [3.63, 3.8) is 0 Å². The Hall–Kier alpha value is -4.86. The molecule has 0 radical (unpaired) electrons. The number of fused-ring (bicyclic) bond motifs is 1. The van der Waals surface area contributed by atoms with Crippen molar-refractivity contribution in [2.75, 3.05) is 10.6 Å². The number of nitro benzene ring substituents is 1.